The average molecular weight is 670 g/mol. The number of urea groups is 1. The number of carbonyl (C=O) groups is 2. The lowest BCUT2D eigenvalue weighted by atomic mass is 9.85. The number of anilines is 1. The SMILES string of the molecule is COCCN(C)CCCC(=O)c1cc(NC(=O)N[C@H]2CC[C@@H](Oc3ccc4nnc(C(C)(C)C)n4c3)c3ccccc32)cc(C(C)(C)C)n1. The van der Waals surface area contributed by atoms with Crippen molar-refractivity contribution in [2.24, 2.45) is 0 Å². The van der Waals surface area contributed by atoms with Crippen molar-refractivity contribution in [3.63, 3.8) is 0 Å². The fourth-order valence-corrected chi connectivity index (χ4v) is 6.09. The lowest BCUT2D eigenvalue weighted by molar-refractivity contribution is 0.0968. The molecule has 0 radical (unpaired) electrons. The molecule has 1 aliphatic carbocycles. The van der Waals surface area contributed by atoms with E-state index in [1.54, 1.807) is 13.2 Å². The number of rotatable bonds is 12. The molecule has 0 fully saturated rings. The van der Waals surface area contributed by atoms with E-state index in [0.717, 1.165) is 53.6 Å². The van der Waals surface area contributed by atoms with Crippen LogP contribution in [0.15, 0.2) is 54.7 Å². The number of amides is 2. The first-order chi connectivity index (χ1) is 23.2. The van der Waals surface area contributed by atoms with Crippen LogP contribution < -0.4 is 15.4 Å². The van der Waals surface area contributed by atoms with Gasteiger partial charge in [-0.3, -0.25) is 9.20 Å². The Hall–Kier alpha value is -4.35. The second-order valence-electron chi connectivity index (χ2n) is 15.0. The topological polar surface area (TPSA) is 123 Å². The summed E-state index contributed by atoms with van der Waals surface area (Å²) in [6.45, 7) is 14.7. The lowest BCUT2D eigenvalue weighted by Gasteiger charge is -2.32. The molecule has 0 aliphatic heterocycles. The maximum absolute atomic E-state index is 13.5. The normalized spacial score (nSPS) is 16.4. The third-order valence-corrected chi connectivity index (χ3v) is 8.82. The Kier molecular flexibility index (Phi) is 11.0. The molecule has 11 nitrogen and oxygen atoms in total. The van der Waals surface area contributed by atoms with Crippen LogP contribution in [0, 0.1) is 0 Å². The van der Waals surface area contributed by atoms with Gasteiger partial charge in [-0.25, -0.2) is 9.78 Å². The Bertz CT molecular complexity index is 1770. The number of pyridine rings is 2. The zero-order valence-electron chi connectivity index (χ0n) is 30.2. The number of likely N-dealkylation sites (N-methyl/N-ethyl adjacent to an activating group) is 1. The maximum atomic E-state index is 13.5. The van der Waals surface area contributed by atoms with Crippen molar-refractivity contribution in [1.82, 2.24) is 29.8 Å². The number of Topliss-reactive ketones (excluding diaryl/α,β-unsaturated/α-hetero) is 1. The van der Waals surface area contributed by atoms with Gasteiger partial charge in [-0.15, -0.1) is 10.2 Å². The molecule has 0 bridgehead atoms. The number of methoxy groups -OCH3 is 1. The number of ketones is 1. The summed E-state index contributed by atoms with van der Waals surface area (Å²) in [4.78, 5) is 33.5. The molecule has 0 unspecified atom stereocenters. The summed E-state index contributed by atoms with van der Waals surface area (Å²) in [6.07, 6.45) is 4.28. The molecule has 11 heteroatoms. The van der Waals surface area contributed by atoms with Gasteiger partial charge in [0.05, 0.1) is 18.8 Å². The third-order valence-electron chi connectivity index (χ3n) is 8.82. The molecule has 2 amide bonds. The highest BCUT2D eigenvalue weighted by atomic mass is 16.5. The van der Waals surface area contributed by atoms with Crippen LogP contribution in [0.5, 0.6) is 5.75 Å². The molecule has 1 aliphatic rings. The Balaban J connectivity index is 1.27. The van der Waals surface area contributed by atoms with Crippen molar-refractivity contribution in [3.8, 4) is 5.75 Å². The second kappa shape index (κ2) is 15.0. The lowest BCUT2D eigenvalue weighted by Crippen LogP contribution is -2.35. The number of aromatic nitrogens is 4. The minimum atomic E-state index is -0.337. The number of carbonyl (C=O) groups excluding carboxylic acids is 2. The van der Waals surface area contributed by atoms with Crippen LogP contribution in [0.2, 0.25) is 0 Å². The van der Waals surface area contributed by atoms with Crippen LogP contribution in [0.25, 0.3) is 5.65 Å². The van der Waals surface area contributed by atoms with Gasteiger partial charge < -0.3 is 25.0 Å². The van der Waals surface area contributed by atoms with Gasteiger partial charge in [-0.05, 0) is 68.2 Å². The van der Waals surface area contributed by atoms with Gasteiger partial charge in [-0.2, -0.15) is 0 Å². The summed E-state index contributed by atoms with van der Waals surface area (Å²) in [5.41, 5.74) is 4.01. The second-order valence-corrected chi connectivity index (χ2v) is 15.0. The quantitative estimate of drug-likeness (QED) is 0.154. The molecule has 262 valence electrons. The Labute approximate surface area is 289 Å². The molecular formula is C38H51N7O4. The van der Waals surface area contributed by atoms with Gasteiger partial charge in [0, 0.05) is 42.3 Å². The minimum Gasteiger partial charge on any atom is -0.484 e. The molecule has 2 atom stereocenters. The van der Waals surface area contributed by atoms with Crippen LogP contribution in [-0.2, 0) is 15.6 Å². The van der Waals surface area contributed by atoms with Gasteiger partial charge in [0.1, 0.15) is 23.4 Å². The Morgan fingerprint density at radius 3 is 2.43 bits per heavy atom. The van der Waals surface area contributed by atoms with E-state index >= 15 is 0 Å². The van der Waals surface area contributed by atoms with Crippen molar-refractivity contribution in [3.05, 3.63) is 83.1 Å². The monoisotopic (exact) mass is 669 g/mol. The first-order valence-electron chi connectivity index (χ1n) is 17.1. The number of fused-ring (bicyclic) bond motifs is 2. The molecular weight excluding hydrogens is 618 g/mol. The molecule has 1 aromatic carbocycles. The predicted molar refractivity (Wildman–Crippen MR) is 192 cm³/mol. The van der Waals surface area contributed by atoms with Crippen LogP contribution in [-0.4, -0.2) is 70.2 Å². The van der Waals surface area contributed by atoms with E-state index in [-0.39, 0.29) is 34.8 Å². The number of ether oxygens (including phenoxy) is 2. The minimum absolute atomic E-state index is 0.0416. The summed E-state index contributed by atoms with van der Waals surface area (Å²) in [5.74, 6) is 1.56. The summed E-state index contributed by atoms with van der Waals surface area (Å²) in [5, 5.41) is 14.9. The standard InChI is InChI=1S/C38H51N7O4/c1-37(2,3)33-23-25(22-30(40-33)31(46)14-11-19-44(7)20-21-48-8)39-36(47)41-29-16-17-32(28-13-10-9-12-27(28)29)49-26-15-18-34-42-43-35(38(4,5)6)45(34)24-26/h9-10,12-13,15,18,22-24,29,32H,11,14,16-17,19-21H2,1-8H3,(H2,39,40,41,47)/t29-,32+/m0/s1. The van der Waals surface area contributed by atoms with Crippen LogP contribution in [0.3, 0.4) is 0 Å². The summed E-state index contributed by atoms with van der Waals surface area (Å²) in [6, 6.07) is 14.9. The molecule has 3 aromatic heterocycles. The van der Waals surface area contributed by atoms with Crippen molar-refractivity contribution in [2.45, 2.75) is 90.2 Å². The highest BCUT2D eigenvalue weighted by molar-refractivity contribution is 5.97. The van der Waals surface area contributed by atoms with Crippen molar-refractivity contribution in [1.29, 1.82) is 0 Å². The highest BCUT2D eigenvalue weighted by Crippen LogP contribution is 2.39. The smallest absolute Gasteiger partial charge is 0.319 e. The van der Waals surface area contributed by atoms with E-state index in [4.69, 9.17) is 14.5 Å². The Morgan fingerprint density at radius 2 is 1.71 bits per heavy atom. The van der Waals surface area contributed by atoms with Gasteiger partial charge >= 0.3 is 6.03 Å². The predicted octanol–water partition coefficient (Wildman–Crippen LogP) is 7.04. The van der Waals surface area contributed by atoms with Crippen molar-refractivity contribution < 1.29 is 19.1 Å². The van der Waals surface area contributed by atoms with Crippen molar-refractivity contribution >= 4 is 23.1 Å². The van der Waals surface area contributed by atoms with Gasteiger partial charge in [0.25, 0.3) is 0 Å². The van der Waals surface area contributed by atoms with Gasteiger partial charge in [0.15, 0.2) is 11.4 Å². The molecule has 0 saturated carbocycles. The molecule has 5 rings (SSSR count). The first-order valence-corrected chi connectivity index (χ1v) is 17.1. The molecule has 3 heterocycles. The number of nitrogens with zero attached hydrogens (tertiary/aromatic N) is 5. The van der Waals surface area contributed by atoms with E-state index in [0.29, 0.717) is 37.3 Å². The van der Waals surface area contributed by atoms with E-state index in [1.807, 2.05) is 74.8 Å². The van der Waals surface area contributed by atoms with Crippen LogP contribution in [0.4, 0.5) is 10.5 Å². The van der Waals surface area contributed by atoms with E-state index < -0.39 is 0 Å². The molecule has 0 spiro atoms. The molecule has 2 N–H and O–H groups in total. The maximum Gasteiger partial charge on any atom is 0.319 e. The first kappa shape index (κ1) is 35.9. The fourth-order valence-electron chi connectivity index (χ4n) is 6.09. The number of benzene rings is 1. The number of hydrogen-bond acceptors (Lipinski definition) is 8. The van der Waals surface area contributed by atoms with E-state index in [1.165, 1.54) is 0 Å². The summed E-state index contributed by atoms with van der Waals surface area (Å²) >= 11 is 0. The largest absolute Gasteiger partial charge is 0.484 e. The average Bonchev–Trinajstić information content (AvgIpc) is 3.48. The van der Waals surface area contributed by atoms with E-state index in [9.17, 15) is 9.59 Å². The molecule has 49 heavy (non-hydrogen) atoms. The molecule has 4 aromatic rings. The van der Waals surface area contributed by atoms with Gasteiger partial charge in [-0.1, -0.05) is 65.8 Å². The highest BCUT2D eigenvalue weighted by Gasteiger charge is 2.30. The zero-order chi connectivity index (χ0) is 35.3. The number of hydrogen-bond donors (Lipinski definition) is 2. The van der Waals surface area contributed by atoms with Crippen LogP contribution >= 0.6 is 0 Å². The zero-order valence-corrected chi connectivity index (χ0v) is 30.2. The third kappa shape index (κ3) is 9.01. The van der Waals surface area contributed by atoms with E-state index in [2.05, 4.69) is 52.6 Å². The molecule has 0 saturated heterocycles. The van der Waals surface area contributed by atoms with Gasteiger partial charge in [0.2, 0.25) is 0 Å². The van der Waals surface area contributed by atoms with Crippen LogP contribution in [0.1, 0.15) is 113 Å². The summed E-state index contributed by atoms with van der Waals surface area (Å²) in [7, 11) is 3.70. The number of nitrogens with one attached hydrogen (secondary N) is 2. The fraction of sp³-hybridized carbons (Fsp3) is 0.500. The Morgan fingerprint density at radius 1 is 0.959 bits per heavy atom. The summed E-state index contributed by atoms with van der Waals surface area (Å²) < 4.78 is 13.7. The van der Waals surface area contributed by atoms with Crippen molar-refractivity contribution in [2.75, 3.05) is 39.2 Å².